The van der Waals surface area contributed by atoms with Crippen LogP contribution in [0.15, 0.2) is 48.5 Å². The van der Waals surface area contributed by atoms with E-state index in [0.717, 1.165) is 0 Å². The normalized spacial score (nSPS) is 11.4. The second-order valence-electron chi connectivity index (χ2n) is 6.99. The van der Waals surface area contributed by atoms with Gasteiger partial charge in [0, 0.05) is 36.8 Å². The second-order valence-corrected chi connectivity index (χ2v) is 7.40. The molecule has 2 aromatic carbocycles. The predicted molar refractivity (Wildman–Crippen MR) is 121 cm³/mol. The second kappa shape index (κ2) is 12.0. The number of likely N-dealkylation sites (N-methyl/N-ethyl adjacent to an activating group) is 1. The summed E-state index contributed by atoms with van der Waals surface area (Å²) in [4.78, 5) is 38.2. The number of anilines is 1. The Morgan fingerprint density at radius 3 is 2.35 bits per heavy atom. The van der Waals surface area contributed by atoms with Gasteiger partial charge in [0.15, 0.2) is 6.61 Å². The number of hydrogen-bond acceptors (Lipinski definition) is 4. The number of nitrogens with zero attached hydrogens (tertiary/aromatic N) is 1. The van der Waals surface area contributed by atoms with Gasteiger partial charge in [-0.3, -0.25) is 14.4 Å². The van der Waals surface area contributed by atoms with E-state index >= 15 is 0 Å². The van der Waals surface area contributed by atoms with Gasteiger partial charge in [-0.1, -0.05) is 29.8 Å². The molecule has 0 fully saturated rings. The topological polar surface area (TPSA) is 87.7 Å². The Hall–Kier alpha value is -3.06. The van der Waals surface area contributed by atoms with Crippen molar-refractivity contribution >= 4 is 35.0 Å². The average Bonchev–Trinajstić information content (AvgIpc) is 2.74. The molecule has 0 aliphatic heterocycles. The van der Waals surface area contributed by atoms with Crippen molar-refractivity contribution in [3.8, 4) is 5.75 Å². The highest BCUT2D eigenvalue weighted by molar-refractivity contribution is 6.32. The van der Waals surface area contributed by atoms with E-state index in [-0.39, 0.29) is 41.8 Å². The van der Waals surface area contributed by atoms with Crippen LogP contribution in [0.5, 0.6) is 5.75 Å². The van der Waals surface area contributed by atoms with Crippen LogP contribution < -0.4 is 15.4 Å². The maximum absolute atomic E-state index is 12.3. The van der Waals surface area contributed by atoms with E-state index < -0.39 is 0 Å². The summed E-state index contributed by atoms with van der Waals surface area (Å²) in [5, 5.41) is 5.83. The van der Waals surface area contributed by atoms with Crippen molar-refractivity contribution < 1.29 is 19.1 Å². The number of hydrogen-bond donors (Lipinski definition) is 2. The number of benzene rings is 2. The van der Waals surface area contributed by atoms with Crippen molar-refractivity contribution in [3.63, 3.8) is 0 Å². The van der Waals surface area contributed by atoms with Crippen molar-refractivity contribution in [1.82, 2.24) is 10.2 Å². The number of ether oxygens (including phenoxy) is 1. The number of amides is 3. The van der Waals surface area contributed by atoms with Gasteiger partial charge in [-0.05, 0) is 51.1 Å². The summed E-state index contributed by atoms with van der Waals surface area (Å²) in [6, 6.07) is 13.3. The van der Waals surface area contributed by atoms with Crippen molar-refractivity contribution in [2.75, 3.05) is 25.0 Å². The monoisotopic (exact) mass is 445 g/mol. The molecule has 2 aromatic rings. The third-order valence-electron chi connectivity index (χ3n) is 4.59. The van der Waals surface area contributed by atoms with Crippen molar-refractivity contribution in [2.24, 2.45) is 0 Å². The average molecular weight is 446 g/mol. The highest BCUT2D eigenvalue weighted by Gasteiger charge is 2.15. The van der Waals surface area contributed by atoms with Gasteiger partial charge < -0.3 is 20.3 Å². The zero-order valence-electron chi connectivity index (χ0n) is 18.0. The Morgan fingerprint density at radius 2 is 1.74 bits per heavy atom. The van der Waals surface area contributed by atoms with E-state index in [1.54, 1.807) is 54.3 Å². The van der Waals surface area contributed by atoms with E-state index in [1.807, 2.05) is 19.9 Å². The number of rotatable bonds is 10. The highest BCUT2D eigenvalue weighted by Crippen LogP contribution is 2.27. The Kier molecular flexibility index (Phi) is 9.34. The molecule has 2 rings (SSSR count). The summed E-state index contributed by atoms with van der Waals surface area (Å²) in [6.45, 7) is 6.69. The van der Waals surface area contributed by atoms with Crippen LogP contribution in [0.3, 0.4) is 0 Å². The molecule has 3 amide bonds. The largest absolute Gasteiger partial charge is 0.482 e. The van der Waals surface area contributed by atoms with Crippen molar-refractivity contribution in [2.45, 2.75) is 33.2 Å². The summed E-state index contributed by atoms with van der Waals surface area (Å²) in [7, 11) is 0. The fourth-order valence-electron chi connectivity index (χ4n) is 2.94. The van der Waals surface area contributed by atoms with E-state index in [4.69, 9.17) is 16.3 Å². The number of carbonyl (C=O) groups is 3. The Labute approximate surface area is 187 Å². The summed E-state index contributed by atoms with van der Waals surface area (Å²) < 4.78 is 5.51. The molecule has 0 radical (unpaired) electrons. The van der Waals surface area contributed by atoms with E-state index in [2.05, 4.69) is 10.6 Å². The molecule has 1 atom stereocenters. The summed E-state index contributed by atoms with van der Waals surface area (Å²) in [6.07, 6.45) is 0.104. The van der Waals surface area contributed by atoms with Gasteiger partial charge in [0.25, 0.3) is 11.8 Å². The fourth-order valence-corrected chi connectivity index (χ4v) is 3.18. The molecule has 0 spiro atoms. The lowest BCUT2D eigenvalue weighted by molar-refractivity contribution is -0.133. The van der Waals surface area contributed by atoms with Crippen molar-refractivity contribution in [1.29, 1.82) is 0 Å². The van der Waals surface area contributed by atoms with Crippen LogP contribution in [0.2, 0.25) is 5.02 Å². The lowest BCUT2D eigenvalue weighted by Crippen LogP contribution is -2.35. The lowest BCUT2D eigenvalue weighted by Gasteiger charge is -2.19. The minimum absolute atomic E-state index is 0.104. The van der Waals surface area contributed by atoms with Crippen LogP contribution in [0.25, 0.3) is 0 Å². The molecule has 0 bridgehead atoms. The SMILES string of the molecule is CCN(CC)C(=O)COc1ccc(NC(=O)CC(C)NC(=O)c2ccccc2)cc1Cl. The Balaban J connectivity index is 1.85. The van der Waals surface area contributed by atoms with Gasteiger partial charge in [-0.2, -0.15) is 0 Å². The van der Waals surface area contributed by atoms with Gasteiger partial charge >= 0.3 is 0 Å². The number of carbonyl (C=O) groups excluding carboxylic acids is 3. The quantitative estimate of drug-likeness (QED) is 0.583. The molecule has 0 saturated carbocycles. The molecule has 8 heteroatoms. The van der Waals surface area contributed by atoms with Crippen LogP contribution in [0.4, 0.5) is 5.69 Å². The van der Waals surface area contributed by atoms with Gasteiger partial charge in [0.2, 0.25) is 5.91 Å². The Morgan fingerprint density at radius 1 is 1.06 bits per heavy atom. The fraction of sp³-hybridized carbons (Fsp3) is 0.348. The molecule has 166 valence electrons. The van der Waals surface area contributed by atoms with Gasteiger partial charge in [0.1, 0.15) is 5.75 Å². The maximum atomic E-state index is 12.3. The van der Waals surface area contributed by atoms with E-state index in [1.165, 1.54) is 0 Å². The first kappa shape index (κ1) is 24.2. The van der Waals surface area contributed by atoms with Crippen LogP contribution >= 0.6 is 11.6 Å². The maximum Gasteiger partial charge on any atom is 0.260 e. The molecule has 0 aliphatic carbocycles. The third-order valence-corrected chi connectivity index (χ3v) is 4.88. The van der Waals surface area contributed by atoms with Crippen LogP contribution in [0.1, 0.15) is 37.6 Å². The highest BCUT2D eigenvalue weighted by atomic mass is 35.5. The van der Waals surface area contributed by atoms with Gasteiger partial charge in [-0.25, -0.2) is 0 Å². The smallest absolute Gasteiger partial charge is 0.260 e. The molecule has 0 heterocycles. The van der Waals surface area contributed by atoms with Crippen molar-refractivity contribution in [3.05, 3.63) is 59.1 Å². The molecular formula is C23H28ClN3O4. The molecule has 7 nitrogen and oxygen atoms in total. The number of nitrogens with one attached hydrogen (secondary N) is 2. The zero-order valence-corrected chi connectivity index (χ0v) is 18.7. The summed E-state index contributed by atoms with van der Waals surface area (Å²) in [5.41, 5.74) is 1.04. The molecule has 0 saturated heterocycles. The van der Waals surface area contributed by atoms with Crippen LogP contribution in [-0.2, 0) is 9.59 Å². The lowest BCUT2D eigenvalue weighted by atomic mass is 10.1. The van der Waals surface area contributed by atoms with E-state index in [9.17, 15) is 14.4 Å². The van der Waals surface area contributed by atoms with E-state index in [0.29, 0.717) is 30.1 Å². The Bertz CT molecular complexity index is 901. The van der Waals surface area contributed by atoms with Crippen LogP contribution in [0, 0.1) is 0 Å². The molecule has 0 aliphatic rings. The minimum Gasteiger partial charge on any atom is -0.482 e. The molecular weight excluding hydrogens is 418 g/mol. The first-order chi connectivity index (χ1) is 14.8. The third kappa shape index (κ3) is 7.61. The molecule has 31 heavy (non-hydrogen) atoms. The zero-order chi connectivity index (χ0) is 22.8. The first-order valence-electron chi connectivity index (χ1n) is 10.2. The number of halogens is 1. The van der Waals surface area contributed by atoms with Gasteiger partial charge in [0.05, 0.1) is 5.02 Å². The molecule has 0 aromatic heterocycles. The standard InChI is InChI=1S/C23H28ClN3O4/c1-4-27(5-2)22(29)15-31-20-12-11-18(14-19(20)24)26-21(28)13-16(3)25-23(30)17-9-7-6-8-10-17/h6-12,14,16H,4-5,13,15H2,1-3H3,(H,25,30)(H,26,28). The first-order valence-corrected chi connectivity index (χ1v) is 10.6. The predicted octanol–water partition coefficient (Wildman–Crippen LogP) is 3.73. The summed E-state index contributed by atoms with van der Waals surface area (Å²) in [5.74, 6) is -0.249. The summed E-state index contributed by atoms with van der Waals surface area (Å²) >= 11 is 6.23. The molecule has 1 unspecified atom stereocenters. The minimum atomic E-state index is -0.350. The molecule has 2 N–H and O–H groups in total. The van der Waals surface area contributed by atoms with Crippen LogP contribution in [-0.4, -0.2) is 48.4 Å². The van der Waals surface area contributed by atoms with Gasteiger partial charge in [-0.15, -0.1) is 0 Å².